The van der Waals surface area contributed by atoms with Gasteiger partial charge >= 0.3 is 0 Å². The summed E-state index contributed by atoms with van der Waals surface area (Å²) in [5.74, 6) is 0. The second-order valence-corrected chi connectivity index (χ2v) is 6.33. The van der Waals surface area contributed by atoms with E-state index in [9.17, 15) is 4.79 Å². The van der Waals surface area contributed by atoms with Gasteiger partial charge in [0, 0.05) is 0 Å². The van der Waals surface area contributed by atoms with E-state index >= 15 is 0 Å². The molecule has 88 valence electrons. The van der Waals surface area contributed by atoms with Crippen molar-refractivity contribution >= 4 is 17.6 Å². The Labute approximate surface area is 101 Å². The first-order chi connectivity index (χ1) is 7.59. The average Bonchev–Trinajstić information content (AvgIpc) is 2.69. The summed E-state index contributed by atoms with van der Waals surface area (Å²) in [5.41, 5.74) is 0.475. The van der Waals surface area contributed by atoms with E-state index in [0.717, 1.165) is 29.1 Å². The van der Waals surface area contributed by atoms with Gasteiger partial charge in [-0.3, -0.25) is 4.79 Å². The molecule has 1 aromatic heterocycles. The SMILES string of the molecule is CC1(C)CCC(Oc2ccc(C=O)s2)CC1. The minimum atomic E-state index is 0.339. The van der Waals surface area contributed by atoms with Crippen molar-refractivity contribution in [2.75, 3.05) is 0 Å². The minimum Gasteiger partial charge on any atom is -0.481 e. The quantitative estimate of drug-likeness (QED) is 0.746. The van der Waals surface area contributed by atoms with E-state index in [0.29, 0.717) is 11.5 Å². The summed E-state index contributed by atoms with van der Waals surface area (Å²) in [5, 5.41) is 0.881. The van der Waals surface area contributed by atoms with Gasteiger partial charge < -0.3 is 4.74 Å². The molecule has 1 saturated carbocycles. The maximum absolute atomic E-state index is 10.6. The summed E-state index contributed by atoms with van der Waals surface area (Å²) < 4.78 is 5.89. The van der Waals surface area contributed by atoms with Crippen molar-refractivity contribution in [1.82, 2.24) is 0 Å². The minimum absolute atomic E-state index is 0.339. The van der Waals surface area contributed by atoms with Gasteiger partial charge in [-0.15, -0.1) is 0 Å². The second kappa shape index (κ2) is 4.58. The fourth-order valence-electron chi connectivity index (χ4n) is 2.12. The number of hydrogen-bond acceptors (Lipinski definition) is 3. The second-order valence-electron chi connectivity index (χ2n) is 5.26. The summed E-state index contributed by atoms with van der Waals surface area (Å²) >= 11 is 1.44. The smallest absolute Gasteiger partial charge is 0.174 e. The molecule has 2 nitrogen and oxygen atoms in total. The summed E-state index contributed by atoms with van der Waals surface area (Å²) in [4.78, 5) is 11.3. The number of rotatable bonds is 3. The topological polar surface area (TPSA) is 26.3 Å². The van der Waals surface area contributed by atoms with E-state index < -0.39 is 0 Å². The lowest BCUT2D eigenvalue weighted by molar-refractivity contribution is 0.102. The van der Waals surface area contributed by atoms with Crippen molar-refractivity contribution in [3.05, 3.63) is 17.0 Å². The molecule has 0 amide bonds. The molecule has 0 radical (unpaired) electrons. The van der Waals surface area contributed by atoms with Crippen LogP contribution >= 0.6 is 11.3 Å². The van der Waals surface area contributed by atoms with Gasteiger partial charge in [0.05, 0.1) is 11.0 Å². The molecule has 1 fully saturated rings. The van der Waals surface area contributed by atoms with Crippen LogP contribution in [-0.4, -0.2) is 12.4 Å². The van der Waals surface area contributed by atoms with E-state index in [2.05, 4.69) is 13.8 Å². The molecule has 0 N–H and O–H groups in total. The van der Waals surface area contributed by atoms with Crippen molar-refractivity contribution < 1.29 is 9.53 Å². The molecule has 0 aromatic carbocycles. The van der Waals surface area contributed by atoms with Gasteiger partial charge in [0.15, 0.2) is 11.3 Å². The lowest BCUT2D eigenvalue weighted by Gasteiger charge is -2.34. The maximum atomic E-state index is 10.6. The summed E-state index contributed by atoms with van der Waals surface area (Å²) in [6, 6.07) is 3.72. The summed E-state index contributed by atoms with van der Waals surface area (Å²) in [6.45, 7) is 4.64. The fraction of sp³-hybridized carbons (Fsp3) is 0.615. The third-order valence-electron chi connectivity index (χ3n) is 3.29. The van der Waals surface area contributed by atoms with Crippen LogP contribution in [0.1, 0.15) is 49.2 Å². The molecular formula is C13H18O2S. The van der Waals surface area contributed by atoms with Crippen LogP contribution in [0.4, 0.5) is 0 Å². The molecule has 1 heterocycles. The number of aldehydes is 1. The number of carbonyl (C=O) groups excluding carboxylic acids is 1. The van der Waals surface area contributed by atoms with Crippen molar-refractivity contribution in [3.63, 3.8) is 0 Å². The zero-order valence-corrected chi connectivity index (χ0v) is 10.7. The molecule has 0 aliphatic heterocycles. The zero-order chi connectivity index (χ0) is 11.6. The average molecular weight is 238 g/mol. The van der Waals surface area contributed by atoms with E-state index in [4.69, 9.17) is 4.74 Å². The van der Waals surface area contributed by atoms with E-state index in [-0.39, 0.29) is 0 Å². The Morgan fingerprint density at radius 1 is 1.38 bits per heavy atom. The summed E-state index contributed by atoms with van der Waals surface area (Å²) in [7, 11) is 0. The lowest BCUT2D eigenvalue weighted by Crippen LogP contribution is -2.28. The van der Waals surface area contributed by atoms with Crippen LogP contribution in [0.3, 0.4) is 0 Å². The van der Waals surface area contributed by atoms with Crippen molar-refractivity contribution in [3.8, 4) is 5.06 Å². The van der Waals surface area contributed by atoms with Gasteiger partial charge in [-0.25, -0.2) is 0 Å². The van der Waals surface area contributed by atoms with Gasteiger partial charge in [-0.2, -0.15) is 0 Å². The number of hydrogen-bond donors (Lipinski definition) is 0. The highest BCUT2D eigenvalue weighted by Crippen LogP contribution is 2.37. The van der Waals surface area contributed by atoms with Crippen molar-refractivity contribution in [2.45, 2.75) is 45.6 Å². The molecule has 1 aliphatic rings. The highest BCUT2D eigenvalue weighted by atomic mass is 32.1. The van der Waals surface area contributed by atoms with Gasteiger partial charge in [0.2, 0.25) is 0 Å². The van der Waals surface area contributed by atoms with Crippen LogP contribution in [-0.2, 0) is 0 Å². The maximum Gasteiger partial charge on any atom is 0.174 e. The molecule has 2 rings (SSSR count). The third-order valence-corrected chi connectivity index (χ3v) is 4.19. The Hall–Kier alpha value is -0.830. The van der Waals surface area contributed by atoms with Crippen molar-refractivity contribution in [2.24, 2.45) is 5.41 Å². The lowest BCUT2D eigenvalue weighted by atomic mass is 9.76. The molecule has 3 heteroatoms. The van der Waals surface area contributed by atoms with Crippen LogP contribution in [0.2, 0.25) is 0 Å². The van der Waals surface area contributed by atoms with E-state index in [1.807, 2.05) is 12.1 Å². The molecular weight excluding hydrogens is 220 g/mol. The van der Waals surface area contributed by atoms with Gasteiger partial charge in [-0.05, 0) is 43.2 Å². The number of carbonyl (C=O) groups is 1. The molecule has 1 aromatic rings. The molecule has 0 bridgehead atoms. The standard InChI is InChI=1S/C13H18O2S/c1-13(2)7-5-10(6-8-13)15-12-4-3-11(9-14)16-12/h3-4,9-10H,5-8H2,1-2H3. The van der Waals surface area contributed by atoms with Gasteiger partial charge in [-0.1, -0.05) is 25.2 Å². The van der Waals surface area contributed by atoms with E-state index in [1.54, 1.807) is 0 Å². The first-order valence-corrected chi connectivity index (χ1v) is 6.62. The van der Waals surface area contributed by atoms with Crippen LogP contribution < -0.4 is 4.74 Å². The molecule has 0 spiro atoms. The van der Waals surface area contributed by atoms with E-state index in [1.165, 1.54) is 24.2 Å². The monoisotopic (exact) mass is 238 g/mol. The predicted molar refractivity (Wildman–Crippen MR) is 66.4 cm³/mol. The first kappa shape index (κ1) is 11.6. The molecule has 0 unspecified atom stereocenters. The predicted octanol–water partition coefficient (Wildman–Crippen LogP) is 3.91. The normalized spacial score (nSPS) is 20.6. The Balaban J connectivity index is 1.89. The Morgan fingerprint density at radius 2 is 2.06 bits per heavy atom. The molecule has 16 heavy (non-hydrogen) atoms. The molecule has 0 saturated heterocycles. The third kappa shape index (κ3) is 2.85. The van der Waals surface area contributed by atoms with Gasteiger partial charge in [0.1, 0.15) is 0 Å². The first-order valence-electron chi connectivity index (χ1n) is 5.81. The van der Waals surface area contributed by atoms with Gasteiger partial charge in [0.25, 0.3) is 0 Å². The number of ether oxygens (including phenoxy) is 1. The van der Waals surface area contributed by atoms with Crippen LogP contribution in [0.15, 0.2) is 12.1 Å². The number of thiophene rings is 1. The summed E-state index contributed by atoms with van der Waals surface area (Å²) in [6.07, 6.45) is 5.92. The molecule has 1 aliphatic carbocycles. The Morgan fingerprint density at radius 3 is 2.62 bits per heavy atom. The highest BCUT2D eigenvalue weighted by molar-refractivity contribution is 7.15. The van der Waals surface area contributed by atoms with Crippen LogP contribution in [0.25, 0.3) is 0 Å². The van der Waals surface area contributed by atoms with Crippen molar-refractivity contribution in [1.29, 1.82) is 0 Å². The van der Waals surface area contributed by atoms with Crippen LogP contribution in [0.5, 0.6) is 5.06 Å². The highest BCUT2D eigenvalue weighted by Gasteiger charge is 2.27. The largest absolute Gasteiger partial charge is 0.481 e. The fourth-order valence-corrected chi connectivity index (χ4v) is 2.85. The Kier molecular flexibility index (Phi) is 3.33. The Bertz CT molecular complexity index is 358. The zero-order valence-electron chi connectivity index (χ0n) is 9.86. The van der Waals surface area contributed by atoms with Crippen LogP contribution in [0, 0.1) is 5.41 Å². The molecule has 0 atom stereocenters.